The monoisotopic (exact) mass is 508 g/mol. The van der Waals surface area contributed by atoms with Crippen molar-refractivity contribution in [1.29, 1.82) is 5.41 Å². The van der Waals surface area contributed by atoms with Gasteiger partial charge in [0, 0.05) is 49.3 Å². The van der Waals surface area contributed by atoms with E-state index in [-0.39, 0.29) is 52.6 Å². The third kappa shape index (κ3) is 4.51. The van der Waals surface area contributed by atoms with Gasteiger partial charge in [-0.1, -0.05) is 6.92 Å². The highest BCUT2D eigenvalue weighted by Gasteiger charge is 2.60. The van der Waals surface area contributed by atoms with Crippen molar-refractivity contribution in [3.63, 3.8) is 0 Å². The number of carboxylic acids is 1. The minimum Gasteiger partial charge on any atom is -0.477 e. The van der Waals surface area contributed by atoms with Gasteiger partial charge in [0.1, 0.15) is 5.70 Å². The number of likely N-dealkylation sites (N-methyl/N-ethyl adjacent to an activating group) is 1. The number of nitrogens with one attached hydrogen (secondary N) is 1. The lowest BCUT2D eigenvalue weighted by Gasteiger charge is -2.46. The van der Waals surface area contributed by atoms with Gasteiger partial charge in [-0.05, 0) is 32.7 Å². The van der Waals surface area contributed by atoms with Gasteiger partial charge in [-0.25, -0.2) is 4.79 Å². The van der Waals surface area contributed by atoms with Crippen LogP contribution in [0, 0.1) is 23.2 Å². The number of carbonyl (C=O) groups is 3. The summed E-state index contributed by atoms with van der Waals surface area (Å²) in [6, 6.07) is -0.603. The van der Waals surface area contributed by atoms with E-state index in [2.05, 4.69) is 0 Å². The molecule has 0 saturated carbocycles. The molecule has 7 atom stereocenters. The summed E-state index contributed by atoms with van der Waals surface area (Å²) >= 11 is 1.47. The molecule has 0 bridgehead atoms. The topological polar surface area (TPSA) is 154 Å². The van der Waals surface area contributed by atoms with Gasteiger partial charge in [0.05, 0.1) is 24.1 Å². The summed E-state index contributed by atoms with van der Waals surface area (Å²) in [6.07, 6.45) is 0.653. The number of fused-ring (bicyclic) bond motifs is 1. The molecule has 0 aromatic heterocycles. The van der Waals surface area contributed by atoms with Gasteiger partial charge in [0.15, 0.2) is 5.96 Å². The molecule has 194 valence electrons. The zero-order valence-corrected chi connectivity index (χ0v) is 21.5. The maximum atomic E-state index is 13.3. The number of carbonyl (C=O) groups excluding carboxylic acids is 2. The Hall–Kier alpha value is -2.31. The summed E-state index contributed by atoms with van der Waals surface area (Å²) in [6.45, 7) is 6.10. The summed E-state index contributed by atoms with van der Waals surface area (Å²) < 4.78 is 0. The number of hydrogen-bond acceptors (Lipinski definition) is 7. The average molecular weight is 509 g/mol. The van der Waals surface area contributed by atoms with E-state index in [4.69, 9.17) is 11.1 Å². The Morgan fingerprint density at radius 3 is 2.63 bits per heavy atom. The van der Waals surface area contributed by atoms with E-state index in [1.54, 1.807) is 18.9 Å². The van der Waals surface area contributed by atoms with E-state index in [0.717, 1.165) is 6.42 Å². The van der Waals surface area contributed by atoms with Gasteiger partial charge < -0.3 is 30.6 Å². The molecule has 5 N–H and O–H groups in total. The van der Waals surface area contributed by atoms with Crippen LogP contribution in [0.25, 0.3) is 0 Å². The molecule has 2 amide bonds. The third-order valence-electron chi connectivity index (χ3n) is 7.94. The Labute approximate surface area is 209 Å². The van der Waals surface area contributed by atoms with Crippen molar-refractivity contribution in [2.75, 3.05) is 40.3 Å². The van der Waals surface area contributed by atoms with Crippen LogP contribution in [0.15, 0.2) is 10.6 Å². The van der Waals surface area contributed by atoms with Crippen molar-refractivity contribution in [2.24, 2.45) is 23.5 Å². The number of β-lactam (4-membered cyclic amide) rings is 1. The summed E-state index contributed by atoms with van der Waals surface area (Å²) in [5.41, 5.74) is 5.57. The molecule has 3 fully saturated rings. The zero-order chi connectivity index (χ0) is 25.8. The molecule has 4 aliphatic rings. The number of carboxylic acid groups (broad SMARTS) is 1. The molecule has 0 aromatic rings. The van der Waals surface area contributed by atoms with Crippen LogP contribution < -0.4 is 5.73 Å². The van der Waals surface area contributed by atoms with E-state index in [1.807, 2.05) is 23.8 Å². The van der Waals surface area contributed by atoms with Crippen molar-refractivity contribution in [3.8, 4) is 0 Å². The van der Waals surface area contributed by atoms with Gasteiger partial charge >= 0.3 is 5.97 Å². The lowest BCUT2D eigenvalue weighted by Crippen LogP contribution is -2.63. The lowest BCUT2D eigenvalue weighted by molar-refractivity contribution is -0.163. The minimum atomic E-state index is -1.13. The number of thioether (sulfide) groups is 1. The maximum Gasteiger partial charge on any atom is 0.353 e. The van der Waals surface area contributed by atoms with E-state index in [0.29, 0.717) is 37.5 Å². The van der Waals surface area contributed by atoms with Crippen LogP contribution >= 0.6 is 11.8 Å². The number of nitrogens with zero attached hydrogens (tertiary/aromatic N) is 4. The first kappa shape index (κ1) is 25.8. The largest absolute Gasteiger partial charge is 0.477 e. The van der Waals surface area contributed by atoms with Crippen molar-refractivity contribution >= 4 is 35.5 Å². The second-order valence-electron chi connectivity index (χ2n) is 10.4. The first-order valence-corrected chi connectivity index (χ1v) is 13.0. The number of hydrogen-bond donors (Lipinski definition) is 4. The fourth-order valence-corrected chi connectivity index (χ4v) is 7.66. The third-order valence-corrected chi connectivity index (χ3v) is 9.43. The highest BCUT2D eigenvalue weighted by atomic mass is 32.2. The van der Waals surface area contributed by atoms with Crippen molar-refractivity contribution < 1.29 is 24.6 Å². The highest BCUT2D eigenvalue weighted by Crippen LogP contribution is 2.52. The number of aliphatic carboxylic acids is 1. The fraction of sp³-hybridized carbons (Fsp3) is 0.739. The molecular formula is C23H36N6O5S. The van der Waals surface area contributed by atoms with Crippen LogP contribution in [0.2, 0.25) is 0 Å². The summed E-state index contributed by atoms with van der Waals surface area (Å²) in [5, 5.41) is 27.5. The minimum absolute atomic E-state index is 0.0209. The van der Waals surface area contributed by atoms with Crippen LogP contribution in [-0.2, 0) is 14.4 Å². The molecule has 35 heavy (non-hydrogen) atoms. The number of rotatable bonds is 7. The van der Waals surface area contributed by atoms with Gasteiger partial charge in [-0.15, -0.1) is 11.8 Å². The van der Waals surface area contributed by atoms with Crippen LogP contribution in [-0.4, -0.2) is 117 Å². The number of nitrogens with two attached hydrogens (primary N) is 1. The summed E-state index contributed by atoms with van der Waals surface area (Å²) in [7, 11) is 3.70. The smallest absolute Gasteiger partial charge is 0.353 e. The molecule has 0 spiro atoms. The number of aliphatic hydroxyl groups is 1. The molecular weight excluding hydrogens is 472 g/mol. The Morgan fingerprint density at radius 1 is 1.34 bits per heavy atom. The van der Waals surface area contributed by atoms with Crippen LogP contribution in [0.5, 0.6) is 0 Å². The van der Waals surface area contributed by atoms with E-state index < -0.39 is 18.0 Å². The molecule has 11 nitrogen and oxygen atoms in total. The molecule has 4 rings (SSSR count). The van der Waals surface area contributed by atoms with Gasteiger partial charge in [0.2, 0.25) is 11.8 Å². The molecule has 12 heteroatoms. The van der Waals surface area contributed by atoms with Crippen molar-refractivity contribution in [2.45, 2.75) is 50.1 Å². The van der Waals surface area contributed by atoms with E-state index in [9.17, 15) is 24.6 Å². The first-order valence-electron chi connectivity index (χ1n) is 12.1. The van der Waals surface area contributed by atoms with Crippen LogP contribution in [0.4, 0.5) is 0 Å². The molecule has 0 radical (unpaired) electrons. The first-order chi connectivity index (χ1) is 16.4. The average Bonchev–Trinajstić information content (AvgIpc) is 3.44. The van der Waals surface area contributed by atoms with Crippen LogP contribution in [0.1, 0.15) is 26.7 Å². The normalized spacial score (nSPS) is 33.7. The zero-order valence-electron chi connectivity index (χ0n) is 20.7. The Morgan fingerprint density at radius 2 is 2.03 bits per heavy atom. The Balaban J connectivity index is 1.41. The van der Waals surface area contributed by atoms with E-state index in [1.165, 1.54) is 16.7 Å². The highest BCUT2D eigenvalue weighted by molar-refractivity contribution is 8.03. The molecule has 3 saturated heterocycles. The SMILES string of the molecule is C[C@@H](O)[C@H]1C(=O)N2C(C(=O)O)=C(S[C@H]3C[C@@H](C(=O)N4CC[C@H](CN(C)C(=N)N)C4)N(C)C3)[C@H](C)[C@H]12. The van der Waals surface area contributed by atoms with E-state index >= 15 is 0 Å². The molecule has 0 unspecified atom stereocenters. The standard InChI is InChI=1S/C23H36N6O5S/c1-11-17-16(12(2)30)21(32)29(17)18(22(33)34)19(11)35-14-7-15(26(3)10-14)20(31)28-6-5-13(9-28)8-27(4)23(24)25/h11-17,30H,5-10H2,1-4H3,(H3,24,25)(H,33,34)/t11-,12-,13-,14+,15+,16-,17-/m1/s1. The Kier molecular flexibility index (Phi) is 7.09. The summed E-state index contributed by atoms with van der Waals surface area (Å²) in [5.74, 6) is -1.84. The quantitative estimate of drug-likeness (QED) is 0.205. The second kappa shape index (κ2) is 9.62. The number of guanidine groups is 1. The molecule has 0 aliphatic carbocycles. The van der Waals surface area contributed by atoms with Crippen molar-refractivity contribution in [3.05, 3.63) is 10.6 Å². The fourth-order valence-electron chi connectivity index (χ4n) is 6.06. The van der Waals surface area contributed by atoms with Crippen molar-refractivity contribution in [1.82, 2.24) is 19.6 Å². The number of likely N-dealkylation sites (tertiary alicyclic amines) is 2. The number of aliphatic hydroxyl groups excluding tert-OH is 1. The molecule has 4 aliphatic heterocycles. The van der Waals surface area contributed by atoms with Crippen LogP contribution in [0.3, 0.4) is 0 Å². The maximum absolute atomic E-state index is 13.3. The second-order valence-corrected chi connectivity index (χ2v) is 11.7. The predicted molar refractivity (Wildman–Crippen MR) is 131 cm³/mol. The molecule has 0 aromatic carbocycles. The number of amides is 2. The van der Waals surface area contributed by atoms with Gasteiger partial charge in [-0.3, -0.25) is 19.9 Å². The molecule has 4 heterocycles. The van der Waals surface area contributed by atoms with Gasteiger partial charge in [-0.2, -0.15) is 0 Å². The summed E-state index contributed by atoms with van der Waals surface area (Å²) in [4.78, 5) is 45.6. The lowest BCUT2D eigenvalue weighted by atomic mass is 9.79. The predicted octanol–water partition coefficient (Wildman–Crippen LogP) is -0.380. The van der Waals surface area contributed by atoms with Gasteiger partial charge in [0.25, 0.3) is 0 Å². The Bertz CT molecular complexity index is 957.